The zero-order chi connectivity index (χ0) is 10.8. The van der Waals surface area contributed by atoms with Crippen LogP contribution in [0.25, 0.3) is 10.9 Å². The second kappa shape index (κ2) is 4.17. The molecular formula is C12H13ClN2. The normalized spacial score (nSPS) is 10.9. The second-order valence-corrected chi connectivity index (χ2v) is 3.98. The van der Waals surface area contributed by atoms with Gasteiger partial charge in [-0.25, -0.2) is 4.98 Å². The summed E-state index contributed by atoms with van der Waals surface area (Å²) >= 11 is 6.09. The van der Waals surface area contributed by atoms with Crippen LogP contribution in [-0.2, 0) is 6.42 Å². The number of rotatable bonds is 2. The van der Waals surface area contributed by atoms with Crippen LogP contribution in [0.2, 0.25) is 5.15 Å². The second-order valence-electron chi connectivity index (χ2n) is 3.62. The van der Waals surface area contributed by atoms with E-state index >= 15 is 0 Å². The van der Waals surface area contributed by atoms with E-state index in [2.05, 4.69) is 11.1 Å². The van der Waals surface area contributed by atoms with Crippen molar-refractivity contribution in [3.63, 3.8) is 0 Å². The molecule has 0 spiro atoms. The van der Waals surface area contributed by atoms with E-state index in [-0.39, 0.29) is 0 Å². The molecule has 0 unspecified atom stereocenters. The minimum Gasteiger partial charge on any atom is -0.330 e. The van der Waals surface area contributed by atoms with Gasteiger partial charge in [-0.05, 0) is 37.1 Å². The molecule has 0 saturated carbocycles. The summed E-state index contributed by atoms with van der Waals surface area (Å²) in [6.45, 7) is 2.63. The molecule has 0 saturated heterocycles. The van der Waals surface area contributed by atoms with Gasteiger partial charge in [0.15, 0.2) is 0 Å². The number of nitrogens with two attached hydrogens (primary N) is 1. The Morgan fingerprint density at radius 3 is 2.93 bits per heavy atom. The maximum absolute atomic E-state index is 6.09. The van der Waals surface area contributed by atoms with Crippen LogP contribution in [-0.4, -0.2) is 11.5 Å². The fourth-order valence-electron chi connectivity index (χ4n) is 1.70. The zero-order valence-electron chi connectivity index (χ0n) is 8.63. The Hall–Kier alpha value is -1.12. The first-order chi connectivity index (χ1) is 7.22. The molecule has 1 aromatic carbocycles. The van der Waals surface area contributed by atoms with Crippen LogP contribution < -0.4 is 5.73 Å². The van der Waals surface area contributed by atoms with E-state index in [1.165, 1.54) is 0 Å². The molecule has 78 valence electrons. The molecule has 0 aliphatic rings. The van der Waals surface area contributed by atoms with Crippen LogP contribution in [0.5, 0.6) is 0 Å². The van der Waals surface area contributed by atoms with E-state index in [0.29, 0.717) is 11.7 Å². The monoisotopic (exact) mass is 220 g/mol. The van der Waals surface area contributed by atoms with Gasteiger partial charge in [0.25, 0.3) is 0 Å². The predicted molar refractivity (Wildman–Crippen MR) is 64.2 cm³/mol. The molecule has 2 rings (SSSR count). The van der Waals surface area contributed by atoms with Crippen molar-refractivity contribution in [1.82, 2.24) is 4.98 Å². The maximum Gasteiger partial charge on any atom is 0.133 e. The standard InChI is InChI=1S/C12H13ClN2/c1-8-3-2-4-9-7-10(5-6-14)12(13)15-11(8)9/h2-4,7H,5-6,14H2,1H3. The lowest BCUT2D eigenvalue weighted by Gasteiger charge is -2.06. The highest BCUT2D eigenvalue weighted by atomic mass is 35.5. The first kappa shape index (κ1) is 10.4. The lowest BCUT2D eigenvalue weighted by Crippen LogP contribution is -2.04. The van der Waals surface area contributed by atoms with Gasteiger partial charge in [-0.1, -0.05) is 29.8 Å². The molecule has 0 aliphatic heterocycles. The van der Waals surface area contributed by atoms with Gasteiger partial charge < -0.3 is 5.73 Å². The quantitative estimate of drug-likeness (QED) is 0.791. The number of aryl methyl sites for hydroxylation is 1. The van der Waals surface area contributed by atoms with E-state index in [4.69, 9.17) is 17.3 Å². The van der Waals surface area contributed by atoms with Crippen LogP contribution in [0.4, 0.5) is 0 Å². The highest BCUT2D eigenvalue weighted by molar-refractivity contribution is 6.30. The SMILES string of the molecule is Cc1cccc2cc(CCN)c(Cl)nc12. The van der Waals surface area contributed by atoms with Gasteiger partial charge in [0.05, 0.1) is 5.52 Å². The van der Waals surface area contributed by atoms with Crippen LogP contribution >= 0.6 is 11.6 Å². The topological polar surface area (TPSA) is 38.9 Å². The molecule has 1 heterocycles. The fraction of sp³-hybridized carbons (Fsp3) is 0.250. The van der Waals surface area contributed by atoms with E-state index < -0.39 is 0 Å². The lowest BCUT2D eigenvalue weighted by molar-refractivity contribution is 0.963. The Kier molecular flexibility index (Phi) is 2.89. The number of hydrogen-bond acceptors (Lipinski definition) is 2. The third kappa shape index (κ3) is 1.96. The minimum absolute atomic E-state index is 0.572. The fourth-order valence-corrected chi connectivity index (χ4v) is 1.93. The molecule has 15 heavy (non-hydrogen) atoms. The molecule has 0 aliphatic carbocycles. The average molecular weight is 221 g/mol. The maximum atomic E-state index is 6.09. The highest BCUT2D eigenvalue weighted by Gasteiger charge is 2.05. The van der Waals surface area contributed by atoms with Gasteiger partial charge in [0.2, 0.25) is 0 Å². The summed E-state index contributed by atoms with van der Waals surface area (Å²) in [6.07, 6.45) is 0.774. The zero-order valence-corrected chi connectivity index (χ0v) is 9.38. The summed E-state index contributed by atoms with van der Waals surface area (Å²) < 4.78 is 0. The van der Waals surface area contributed by atoms with E-state index in [9.17, 15) is 0 Å². The summed E-state index contributed by atoms with van der Waals surface area (Å²) in [5.41, 5.74) is 8.66. The Morgan fingerprint density at radius 2 is 2.20 bits per heavy atom. The molecule has 2 aromatic rings. The van der Waals surface area contributed by atoms with Gasteiger partial charge in [-0.3, -0.25) is 0 Å². The van der Waals surface area contributed by atoms with Crippen molar-refractivity contribution in [3.8, 4) is 0 Å². The molecule has 0 atom stereocenters. The largest absolute Gasteiger partial charge is 0.330 e. The number of fused-ring (bicyclic) bond motifs is 1. The summed E-state index contributed by atoms with van der Waals surface area (Å²) in [7, 11) is 0. The smallest absolute Gasteiger partial charge is 0.133 e. The molecular weight excluding hydrogens is 208 g/mol. The Labute approximate surface area is 94.1 Å². The number of pyridine rings is 1. The third-order valence-electron chi connectivity index (χ3n) is 2.49. The molecule has 2 N–H and O–H groups in total. The van der Waals surface area contributed by atoms with Gasteiger partial charge in [0, 0.05) is 5.39 Å². The van der Waals surface area contributed by atoms with Gasteiger partial charge in [-0.15, -0.1) is 0 Å². The Balaban J connectivity index is 2.65. The molecule has 2 nitrogen and oxygen atoms in total. The van der Waals surface area contributed by atoms with Crippen LogP contribution in [0.3, 0.4) is 0 Å². The van der Waals surface area contributed by atoms with Gasteiger partial charge >= 0.3 is 0 Å². The van der Waals surface area contributed by atoms with Gasteiger partial charge in [-0.2, -0.15) is 0 Å². The highest BCUT2D eigenvalue weighted by Crippen LogP contribution is 2.22. The van der Waals surface area contributed by atoms with Gasteiger partial charge in [0.1, 0.15) is 5.15 Å². The third-order valence-corrected chi connectivity index (χ3v) is 2.81. The molecule has 0 amide bonds. The van der Waals surface area contributed by atoms with E-state index in [1.54, 1.807) is 0 Å². The number of benzene rings is 1. The van der Waals surface area contributed by atoms with Crippen molar-refractivity contribution in [2.24, 2.45) is 5.73 Å². The van der Waals surface area contributed by atoms with Crippen LogP contribution in [0.15, 0.2) is 24.3 Å². The van der Waals surface area contributed by atoms with Crippen molar-refractivity contribution in [2.75, 3.05) is 6.54 Å². The summed E-state index contributed by atoms with van der Waals surface area (Å²) in [5, 5.41) is 1.70. The molecule has 0 radical (unpaired) electrons. The number of hydrogen-bond donors (Lipinski definition) is 1. The van der Waals surface area contributed by atoms with E-state index in [0.717, 1.165) is 28.5 Å². The molecule has 0 fully saturated rings. The molecule has 0 bridgehead atoms. The van der Waals surface area contributed by atoms with Crippen molar-refractivity contribution in [1.29, 1.82) is 0 Å². The summed E-state index contributed by atoms with van der Waals surface area (Å²) in [5.74, 6) is 0. The van der Waals surface area contributed by atoms with E-state index in [1.807, 2.05) is 25.1 Å². The van der Waals surface area contributed by atoms with Crippen molar-refractivity contribution >= 4 is 22.5 Å². The van der Waals surface area contributed by atoms with Crippen molar-refractivity contribution in [3.05, 3.63) is 40.5 Å². The molecule has 1 aromatic heterocycles. The number of nitrogens with zero attached hydrogens (tertiary/aromatic N) is 1. The first-order valence-corrected chi connectivity index (χ1v) is 5.35. The minimum atomic E-state index is 0.572. The molecule has 3 heteroatoms. The van der Waals surface area contributed by atoms with Crippen molar-refractivity contribution < 1.29 is 0 Å². The number of halogens is 1. The Morgan fingerprint density at radius 1 is 1.40 bits per heavy atom. The van der Waals surface area contributed by atoms with Crippen molar-refractivity contribution in [2.45, 2.75) is 13.3 Å². The average Bonchev–Trinajstić information content (AvgIpc) is 2.21. The Bertz CT molecular complexity index is 494. The number of para-hydroxylation sites is 1. The summed E-state index contributed by atoms with van der Waals surface area (Å²) in [4.78, 5) is 4.40. The van der Waals surface area contributed by atoms with Crippen LogP contribution in [0, 0.1) is 6.92 Å². The van der Waals surface area contributed by atoms with Crippen LogP contribution in [0.1, 0.15) is 11.1 Å². The predicted octanol–water partition coefficient (Wildman–Crippen LogP) is 2.70. The lowest BCUT2D eigenvalue weighted by atomic mass is 10.1. The first-order valence-electron chi connectivity index (χ1n) is 4.97. The number of aromatic nitrogens is 1. The summed E-state index contributed by atoms with van der Waals surface area (Å²) in [6, 6.07) is 8.18.